The maximum atomic E-state index is 5.20. The molecule has 0 radical (unpaired) electrons. The van der Waals surface area contributed by atoms with Crippen molar-refractivity contribution in [2.45, 2.75) is 32.7 Å². The molecule has 0 N–H and O–H groups in total. The standard InChI is InChI=1S/C10H23NO/c1-6-9(8-12-5)10(7-2)11(3)4/h9-10H,6-8H2,1-5H3/t9?,10-/m0/s1. The van der Waals surface area contributed by atoms with E-state index in [1.165, 1.54) is 12.8 Å². The lowest BCUT2D eigenvalue weighted by Gasteiger charge is -2.30. The van der Waals surface area contributed by atoms with Crippen molar-refractivity contribution < 1.29 is 4.74 Å². The van der Waals surface area contributed by atoms with Crippen LogP contribution in [0.25, 0.3) is 0 Å². The third-order valence-electron chi connectivity index (χ3n) is 2.53. The van der Waals surface area contributed by atoms with Crippen molar-refractivity contribution in [1.82, 2.24) is 4.90 Å². The van der Waals surface area contributed by atoms with Crippen LogP contribution in [0.4, 0.5) is 0 Å². The van der Waals surface area contributed by atoms with Crippen LogP contribution in [0.2, 0.25) is 0 Å². The number of nitrogens with zero attached hydrogens (tertiary/aromatic N) is 1. The summed E-state index contributed by atoms with van der Waals surface area (Å²) in [5.74, 6) is 0.676. The molecule has 0 aliphatic rings. The van der Waals surface area contributed by atoms with E-state index in [1.54, 1.807) is 7.11 Å². The Morgan fingerprint density at radius 3 is 2.00 bits per heavy atom. The SMILES string of the molecule is CCC(COC)[C@H](CC)N(C)C. The minimum Gasteiger partial charge on any atom is -0.384 e. The molecule has 2 atom stereocenters. The summed E-state index contributed by atoms with van der Waals surface area (Å²) < 4.78 is 5.20. The van der Waals surface area contributed by atoms with E-state index in [9.17, 15) is 0 Å². The summed E-state index contributed by atoms with van der Waals surface area (Å²) in [6.45, 7) is 5.35. The van der Waals surface area contributed by atoms with E-state index in [-0.39, 0.29) is 0 Å². The van der Waals surface area contributed by atoms with Gasteiger partial charge in [0.2, 0.25) is 0 Å². The highest BCUT2D eigenvalue weighted by Crippen LogP contribution is 2.16. The lowest BCUT2D eigenvalue weighted by molar-refractivity contribution is 0.0925. The predicted octanol–water partition coefficient (Wildman–Crippen LogP) is 2.00. The number of rotatable bonds is 6. The summed E-state index contributed by atoms with van der Waals surface area (Å²) in [6.07, 6.45) is 2.40. The summed E-state index contributed by atoms with van der Waals surface area (Å²) in [5, 5.41) is 0. The average Bonchev–Trinajstić information content (AvgIpc) is 2.03. The van der Waals surface area contributed by atoms with Gasteiger partial charge in [0.25, 0.3) is 0 Å². The first-order valence-electron chi connectivity index (χ1n) is 4.82. The van der Waals surface area contributed by atoms with E-state index in [0.717, 1.165) is 6.61 Å². The number of methoxy groups -OCH3 is 1. The molecule has 0 aliphatic heterocycles. The second-order valence-corrected chi connectivity index (χ2v) is 3.56. The first kappa shape index (κ1) is 11.9. The van der Waals surface area contributed by atoms with Crippen LogP contribution in [0.1, 0.15) is 26.7 Å². The van der Waals surface area contributed by atoms with Crippen LogP contribution in [0.5, 0.6) is 0 Å². The first-order valence-corrected chi connectivity index (χ1v) is 4.82. The lowest BCUT2D eigenvalue weighted by atomic mass is 9.95. The third kappa shape index (κ3) is 3.55. The Balaban J connectivity index is 4.02. The summed E-state index contributed by atoms with van der Waals surface area (Å²) >= 11 is 0. The Bertz CT molecular complexity index is 104. The van der Waals surface area contributed by atoms with Crippen molar-refractivity contribution >= 4 is 0 Å². The molecule has 0 heterocycles. The molecule has 0 rings (SSSR count). The van der Waals surface area contributed by atoms with Crippen molar-refractivity contribution in [1.29, 1.82) is 0 Å². The Labute approximate surface area is 76.9 Å². The molecule has 0 aromatic rings. The predicted molar refractivity (Wildman–Crippen MR) is 53.4 cm³/mol. The van der Waals surface area contributed by atoms with Crippen LogP contribution in [0.3, 0.4) is 0 Å². The molecule has 0 amide bonds. The minimum atomic E-state index is 0.662. The highest BCUT2D eigenvalue weighted by atomic mass is 16.5. The van der Waals surface area contributed by atoms with Gasteiger partial charge in [0.1, 0.15) is 0 Å². The molecule has 0 aliphatic carbocycles. The van der Waals surface area contributed by atoms with Crippen LogP contribution >= 0.6 is 0 Å². The van der Waals surface area contributed by atoms with Gasteiger partial charge in [-0.15, -0.1) is 0 Å². The van der Waals surface area contributed by atoms with Crippen molar-refractivity contribution in [2.24, 2.45) is 5.92 Å². The van der Waals surface area contributed by atoms with Gasteiger partial charge in [-0.3, -0.25) is 0 Å². The summed E-state index contributed by atoms with van der Waals surface area (Å²) in [5.41, 5.74) is 0. The number of hydrogen-bond donors (Lipinski definition) is 0. The Kier molecular flexibility index (Phi) is 6.39. The van der Waals surface area contributed by atoms with Gasteiger partial charge in [0.05, 0.1) is 6.61 Å². The van der Waals surface area contributed by atoms with Gasteiger partial charge in [-0.05, 0) is 32.9 Å². The highest BCUT2D eigenvalue weighted by molar-refractivity contribution is 4.73. The molecule has 0 bridgehead atoms. The molecule has 0 aromatic carbocycles. The molecular formula is C10H23NO. The molecule has 1 unspecified atom stereocenters. The topological polar surface area (TPSA) is 12.5 Å². The fourth-order valence-electron chi connectivity index (χ4n) is 1.84. The van der Waals surface area contributed by atoms with Crippen LogP contribution < -0.4 is 0 Å². The van der Waals surface area contributed by atoms with Gasteiger partial charge in [-0.1, -0.05) is 13.8 Å². The highest BCUT2D eigenvalue weighted by Gasteiger charge is 2.19. The summed E-state index contributed by atoms with van der Waals surface area (Å²) in [7, 11) is 6.07. The molecule has 2 nitrogen and oxygen atoms in total. The Morgan fingerprint density at radius 2 is 1.75 bits per heavy atom. The lowest BCUT2D eigenvalue weighted by Crippen LogP contribution is -2.36. The molecule has 2 heteroatoms. The van der Waals surface area contributed by atoms with E-state index in [2.05, 4.69) is 32.8 Å². The summed E-state index contributed by atoms with van der Waals surface area (Å²) in [6, 6.07) is 0.662. The van der Waals surface area contributed by atoms with E-state index in [0.29, 0.717) is 12.0 Å². The molecule has 12 heavy (non-hydrogen) atoms. The fraction of sp³-hybridized carbons (Fsp3) is 1.00. The zero-order chi connectivity index (χ0) is 9.56. The van der Waals surface area contributed by atoms with E-state index in [4.69, 9.17) is 4.74 Å². The minimum absolute atomic E-state index is 0.662. The summed E-state index contributed by atoms with van der Waals surface area (Å²) in [4.78, 5) is 2.30. The smallest absolute Gasteiger partial charge is 0.0505 e. The molecule has 0 spiro atoms. The van der Waals surface area contributed by atoms with Gasteiger partial charge in [-0.2, -0.15) is 0 Å². The normalized spacial score (nSPS) is 16.5. The van der Waals surface area contributed by atoms with Gasteiger partial charge in [-0.25, -0.2) is 0 Å². The zero-order valence-electron chi connectivity index (χ0n) is 9.13. The second-order valence-electron chi connectivity index (χ2n) is 3.56. The maximum absolute atomic E-state index is 5.20. The van der Waals surface area contributed by atoms with Crippen molar-refractivity contribution in [2.75, 3.05) is 27.8 Å². The third-order valence-corrected chi connectivity index (χ3v) is 2.53. The van der Waals surface area contributed by atoms with Crippen LogP contribution in [-0.4, -0.2) is 38.8 Å². The molecule has 0 saturated carbocycles. The number of hydrogen-bond acceptors (Lipinski definition) is 2. The second kappa shape index (κ2) is 6.44. The van der Waals surface area contributed by atoms with E-state index < -0.39 is 0 Å². The van der Waals surface area contributed by atoms with E-state index in [1.807, 2.05) is 0 Å². The van der Waals surface area contributed by atoms with Crippen molar-refractivity contribution in [3.63, 3.8) is 0 Å². The van der Waals surface area contributed by atoms with Crippen molar-refractivity contribution in [3.8, 4) is 0 Å². The van der Waals surface area contributed by atoms with Crippen LogP contribution in [0, 0.1) is 5.92 Å². The first-order chi connectivity index (χ1) is 5.67. The van der Waals surface area contributed by atoms with E-state index >= 15 is 0 Å². The van der Waals surface area contributed by atoms with Gasteiger partial charge in [0, 0.05) is 13.2 Å². The maximum Gasteiger partial charge on any atom is 0.0505 e. The Hall–Kier alpha value is -0.0800. The largest absolute Gasteiger partial charge is 0.384 e. The fourth-order valence-corrected chi connectivity index (χ4v) is 1.84. The molecule has 74 valence electrons. The Morgan fingerprint density at radius 1 is 1.17 bits per heavy atom. The van der Waals surface area contributed by atoms with Gasteiger partial charge < -0.3 is 9.64 Å². The van der Waals surface area contributed by atoms with Crippen LogP contribution in [0.15, 0.2) is 0 Å². The van der Waals surface area contributed by atoms with Gasteiger partial charge in [0.15, 0.2) is 0 Å². The van der Waals surface area contributed by atoms with Crippen molar-refractivity contribution in [3.05, 3.63) is 0 Å². The average molecular weight is 173 g/mol. The molecule has 0 fully saturated rings. The quantitative estimate of drug-likeness (QED) is 0.609. The monoisotopic (exact) mass is 173 g/mol. The number of ether oxygens (including phenoxy) is 1. The molecular weight excluding hydrogens is 150 g/mol. The van der Waals surface area contributed by atoms with Crippen LogP contribution in [-0.2, 0) is 4.74 Å². The van der Waals surface area contributed by atoms with Gasteiger partial charge >= 0.3 is 0 Å². The molecule has 0 saturated heterocycles. The zero-order valence-corrected chi connectivity index (χ0v) is 9.13. The molecule has 0 aromatic heterocycles.